The quantitative estimate of drug-likeness (QED) is 0.0486. The topological polar surface area (TPSA) is 200 Å². The van der Waals surface area contributed by atoms with Gasteiger partial charge in [-0.2, -0.15) is 5.48 Å². The van der Waals surface area contributed by atoms with Crippen molar-refractivity contribution >= 4 is 29.3 Å². The SMILES string of the molecule is CN[C@@H](CC(C)C)C(=O)N(C)[C@@H](CC(C)CCC(=O)CNO)C(=O)N(C)[C@@H](CC(C)CCC(O)Cc1ccccc1)C(=O)N(C)C(CC(C)CCC(C)O)C(=O)CC(O)Cc1ccccc1. The molecule has 3 amide bonds. The normalized spacial score (nSPS) is 16.2. The second-order valence-corrected chi connectivity index (χ2v) is 19.7. The minimum atomic E-state index is -1.07. The van der Waals surface area contributed by atoms with Gasteiger partial charge < -0.3 is 40.5 Å². The van der Waals surface area contributed by atoms with Gasteiger partial charge in [0, 0.05) is 34.0 Å². The molecule has 14 nitrogen and oxygen atoms in total. The van der Waals surface area contributed by atoms with Crippen LogP contribution in [0.4, 0.5) is 0 Å². The number of hydrogen-bond donors (Lipinski definition) is 6. The Morgan fingerprint density at radius 3 is 1.47 bits per heavy atom. The van der Waals surface area contributed by atoms with Gasteiger partial charge in [0.2, 0.25) is 17.7 Å². The summed E-state index contributed by atoms with van der Waals surface area (Å²) >= 11 is 0. The Balaban J connectivity index is 2.61. The number of Topliss-reactive ketones (excluding diaryl/α,β-unsaturated/α-hetero) is 2. The zero-order valence-corrected chi connectivity index (χ0v) is 41.7. The average molecular weight is 924 g/mol. The maximum Gasteiger partial charge on any atom is 0.245 e. The van der Waals surface area contributed by atoms with Crippen LogP contribution in [0.5, 0.6) is 0 Å². The zero-order chi connectivity index (χ0) is 49.5. The Labute approximate surface area is 395 Å². The van der Waals surface area contributed by atoms with Crippen LogP contribution in [-0.2, 0) is 36.8 Å². The zero-order valence-electron chi connectivity index (χ0n) is 41.7. The average Bonchev–Trinajstić information content (AvgIpc) is 3.28. The van der Waals surface area contributed by atoms with E-state index in [4.69, 9.17) is 5.21 Å². The molecule has 7 unspecified atom stereocenters. The molecule has 0 bridgehead atoms. The third-order valence-corrected chi connectivity index (χ3v) is 12.9. The number of rotatable bonds is 33. The van der Waals surface area contributed by atoms with Gasteiger partial charge in [-0.25, -0.2) is 0 Å². The standard InChI is InChI=1S/C52H85N5O9/c1-35(2)27-45(53-7)50(63)56(9)47(29-38(5)23-26-43(60)34-54-66)52(65)57(10)48(30-37(4)22-25-42(59)31-40-17-13-11-14-18-40)51(64)55(8)46(28-36(3)21-24-39(6)58)49(62)33-44(61)32-41-19-15-12-16-20-41/h11-20,35-39,42,44-48,53-54,58-59,61,66H,21-34H2,1-10H3/t36?,37?,38?,39?,42?,44?,45-,46?,47-,48-/m0/s1. The monoisotopic (exact) mass is 924 g/mol. The molecule has 14 heteroatoms. The molecular formula is C52H85N5O9. The van der Waals surface area contributed by atoms with Crippen molar-refractivity contribution in [2.45, 2.75) is 167 Å². The molecule has 0 aromatic heterocycles. The number of amides is 3. The summed E-state index contributed by atoms with van der Waals surface area (Å²) in [4.78, 5) is 75.5. The van der Waals surface area contributed by atoms with E-state index in [9.17, 15) is 29.7 Å². The number of aliphatic hydroxyl groups is 3. The van der Waals surface area contributed by atoms with E-state index in [-0.39, 0.29) is 86.2 Å². The Morgan fingerprint density at radius 1 is 0.561 bits per heavy atom. The number of nitrogens with one attached hydrogen (secondary N) is 2. The van der Waals surface area contributed by atoms with Crippen LogP contribution in [0.2, 0.25) is 0 Å². The number of nitrogens with zero attached hydrogens (tertiary/aromatic N) is 3. The van der Waals surface area contributed by atoms with Crippen molar-refractivity contribution < 1.29 is 44.5 Å². The first-order valence-electron chi connectivity index (χ1n) is 24.2. The molecule has 2 aromatic carbocycles. The van der Waals surface area contributed by atoms with Crippen LogP contribution >= 0.6 is 0 Å². The molecular weight excluding hydrogens is 839 g/mol. The highest BCUT2D eigenvalue weighted by atomic mass is 16.5. The summed E-state index contributed by atoms with van der Waals surface area (Å²) < 4.78 is 0. The Kier molecular flexibility index (Phi) is 26.7. The first-order chi connectivity index (χ1) is 31.2. The van der Waals surface area contributed by atoms with Crippen LogP contribution in [0.1, 0.15) is 123 Å². The lowest BCUT2D eigenvalue weighted by atomic mass is 9.89. The maximum atomic E-state index is 15.2. The van der Waals surface area contributed by atoms with Crippen molar-refractivity contribution in [2.75, 3.05) is 34.7 Å². The predicted molar refractivity (Wildman–Crippen MR) is 259 cm³/mol. The van der Waals surface area contributed by atoms with Gasteiger partial charge in [0.05, 0.1) is 36.9 Å². The van der Waals surface area contributed by atoms with Gasteiger partial charge >= 0.3 is 0 Å². The van der Waals surface area contributed by atoms with Crippen molar-refractivity contribution in [3.05, 3.63) is 71.8 Å². The largest absolute Gasteiger partial charge is 0.393 e. The first kappa shape index (κ1) is 58.1. The number of hydroxylamine groups is 1. The summed E-state index contributed by atoms with van der Waals surface area (Å²) in [6.45, 7) is 11.4. The van der Waals surface area contributed by atoms with E-state index in [1.165, 1.54) is 14.7 Å². The molecule has 66 heavy (non-hydrogen) atoms. The van der Waals surface area contributed by atoms with Crippen LogP contribution in [0.15, 0.2) is 60.7 Å². The molecule has 6 N–H and O–H groups in total. The highest BCUT2D eigenvalue weighted by Gasteiger charge is 2.41. The number of benzene rings is 2. The highest BCUT2D eigenvalue weighted by Crippen LogP contribution is 2.27. The maximum absolute atomic E-state index is 15.2. The molecule has 0 aliphatic carbocycles. The minimum absolute atomic E-state index is 0.0746. The summed E-state index contributed by atoms with van der Waals surface area (Å²) in [6.07, 6.45) is 2.23. The van der Waals surface area contributed by atoms with Crippen molar-refractivity contribution in [3.8, 4) is 0 Å². The third kappa shape index (κ3) is 20.9. The van der Waals surface area contributed by atoms with Gasteiger partial charge in [0.25, 0.3) is 0 Å². The molecule has 0 saturated heterocycles. The van der Waals surface area contributed by atoms with Gasteiger partial charge in [-0.3, -0.25) is 24.0 Å². The molecule has 10 atom stereocenters. The smallest absolute Gasteiger partial charge is 0.245 e. The van der Waals surface area contributed by atoms with Gasteiger partial charge in [-0.1, -0.05) is 95.3 Å². The van der Waals surface area contributed by atoms with Crippen LogP contribution < -0.4 is 10.8 Å². The van der Waals surface area contributed by atoms with E-state index in [1.54, 1.807) is 35.1 Å². The molecule has 372 valence electrons. The summed E-state index contributed by atoms with van der Waals surface area (Å²) in [6, 6.07) is 15.5. The predicted octanol–water partition coefficient (Wildman–Crippen LogP) is 5.62. The molecule has 0 heterocycles. The first-order valence-corrected chi connectivity index (χ1v) is 24.2. The fraction of sp³-hybridized carbons (Fsp3) is 0.673. The summed E-state index contributed by atoms with van der Waals surface area (Å²) in [5, 5.41) is 44.5. The molecule has 0 fully saturated rings. The van der Waals surface area contributed by atoms with Gasteiger partial charge in [-0.05, 0) is 119 Å². The fourth-order valence-electron chi connectivity index (χ4n) is 8.74. The second kappa shape index (κ2) is 30.4. The highest BCUT2D eigenvalue weighted by molar-refractivity contribution is 5.95. The molecule has 0 aliphatic rings. The van der Waals surface area contributed by atoms with Crippen LogP contribution in [0, 0.1) is 23.7 Å². The third-order valence-electron chi connectivity index (χ3n) is 12.9. The van der Waals surface area contributed by atoms with Gasteiger partial charge in [0.1, 0.15) is 17.9 Å². The minimum Gasteiger partial charge on any atom is -0.393 e. The van der Waals surface area contributed by atoms with Gasteiger partial charge in [0.15, 0.2) is 5.78 Å². The van der Waals surface area contributed by atoms with E-state index in [2.05, 4.69) is 5.32 Å². The number of ketones is 2. The van der Waals surface area contributed by atoms with E-state index in [0.717, 1.165) is 11.1 Å². The van der Waals surface area contributed by atoms with Crippen molar-refractivity contribution in [1.29, 1.82) is 0 Å². The fourth-order valence-corrected chi connectivity index (χ4v) is 8.74. The van der Waals surface area contributed by atoms with E-state index in [0.29, 0.717) is 44.9 Å². The summed E-state index contributed by atoms with van der Waals surface area (Å²) in [7, 11) is 6.45. The van der Waals surface area contributed by atoms with Crippen LogP contribution in [0.3, 0.4) is 0 Å². The molecule has 2 rings (SSSR count). The second-order valence-electron chi connectivity index (χ2n) is 19.7. The lowest BCUT2D eigenvalue weighted by Crippen LogP contribution is -2.59. The number of carbonyl (C=O) groups excluding carboxylic acids is 5. The van der Waals surface area contributed by atoms with E-state index < -0.39 is 54.3 Å². The molecule has 0 spiro atoms. The number of aliphatic hydroxyl groups excluding tert-OH is 3. The summed E-state index contributed by atoms with van der Waals surface area (Å²) in [5.74, 6) is -1.99. The van der Waals surface area contributed by atoms with E-state index in [1.807, 2.05) is 101 Å². The lowest BCUT2D eigenvalue weighted by molar-refractivity contribution is -0.153. The Morgan fingerprint density at radius 2 is 1.00 bits per heavy atom. The van der Waals surface area contributed by atoms with Crippen LogP contribution in [0.25, 0.3) is 0 Å². The number of likely N-dealkylation sites (N-methyl/N-ethyl adjacent to an activating group) is 4. The Hall–Kier alpha value is -4.05. The van der Waals surface area contributed by atoms with Crippen molar-refractivity contribution in [3.63, 3.8) is 0 Å². The lowest BCUT2D eigenvalue weighted by Gasteiger charge is -2.40. The van der Waals surface area contributed by atoms with Gasteiger partial charge in [-0.15, -0.1) is 0 Å². The molecule has 0 saturated carbocycles. The Bertz CT molecular complexity index is 1730. The molecule has 0 radical (unpaired) electrons. The summed E-state index contributed by atoms with van der Waals surface area (Å²) in [5.41, 5.74) is 3.78. The van der Waals surface area contributed by atoms with Crippen molar-refractivity contribution in [1.82, 2.24) is 25.5 Å². The van der Waals surface area contributed by atoms with Crippen LogP contribution in [-0.4, -0.2) is 142 Å². The van der Waals surface area contributed by atoms with Crippen molar-refractivity contribution in [2.24, 2.45) is 23.7 Å². The molecule has 2 aromatic rings. The number of carbonyl (C=O) groups is 5. The van der Waals surface area contributed by atoms with E-state index >= 15 is 9.59 Å². The molecule has 0 aliphatic heterocycles. The number of hydrogen-bond acceptors (Lipinski definition) is 11.